The van der Waals surface area contributed by atoms with Crippen molar-refractivity contribution in [2.45, 2.75) is 31.1 Å². The molecule has 0 bridgehead atoms. The lowest BCUT2D eigenvalue weighted by atomic mass is 9.99. The van der Waals surface area contributed by atoms with E-state index in [-0.39, 0.29) is 0 Å². The van der Waals surface area contributed by atoms with Crippen LogP contribution in [-0.2, 0) is 0 Å². The van der Waals surface area contributed by atoms with E-state index in [9.17, 15) is 0 Å². The smallest absolute Gasteiger partial charge is 0.0702 e. The maximum absolute atomic E-state index is 4.40. The van der Waals surface area contributed by atoms with E-state index in [1.807, 2.05) is 12.3 Å². The van der Waals surface area contributed by atoms with Crippen molar-refractivity contribution in [3.8, 4) is 0 Å². The van der Waals surface area contributed by atoms with Crippen molar-refractivity contribution in [2.24, 2.45) is 0 Å². The lowest BCUT2D eigenvalue weighted by molar-refractivity contribution is 0.519. The van der Waals surface area contributed by atoms with Crippen LogP contribution in [0, 0.1) is 0 Å². The predicted octanol–water partition coefficient (Wildman–Crippen LogP) is 3.78. The molecule has 0 saturated carbocycles. The molecule has 1 fully saturated rings. The van der Waals surface area contributed by atoms with Crippen LogP contribution >= 0.6 is 11.8 Å². The molecule has 0 amide bonds. The number of aromatic nitrogens is 1. The van der Waals surface area contributed by atoms with Crippen molar-refractivity contribution in [2.75, 3.05) is 12.3 Å². The highest BCUT2D eigenvalue weighted by Crippen LogP contribution is 2.36. The number of thioether (sulfide) groups is 1. The van der Waals surface area contributed by atoms with Gasteiger partial charge in [0, 0.05) is 22.9 Å². The van der Waals surface area contributed by atoms with E-state index in [4.69, 9.17) is 0 Å². The summed E-state index contributed by atoms with van der Waals surface area (Å²) >= 11 is 2.11. The van der Waals surface area contributed by atoms with Gasteiger partial charge in [-0.1, -0.05) is 19.1 Å². The highest BCUT2D eigenvalue weighted by atomic mass is 32.2. The fourth-order valence-corrected chi connectivity index (χ4v) is 4.25. The first-order valence-electron chi connectivity index (χ1n) is 7.08. The summed E-state index contributed by atoms with van der Waals surface area (Å²) in [6.07, 6.45) is 4.54. The second-order valence-electron chi connectivity index (χ2n) is 5.04. The third-order valence-corrected chi connectivity index (χ3v) is 5.21. The summed E-state index contributed by atoms with van der Waals surface area (Å²) in [5.41, 5.74) is 2.49. The molecule has 1 aliphatic heterocycles. The van der Waals surface area contributed by atoms with Crippen LogP contribution in [0.4, 0.5) is 0 Å². The Morgan fingerprint density at radius 3 is 3.16 bits per heavy atom. The van der Waals surface area contributed by atoms with Gasteiger partial charge in [0.05, 0.1) is 5.52 Å². The van der Waals surface area contributed by atoms with Gasteiger partial charge in [0.2, 0.25) is 0 Å². The lowest BCUT2D eigenvalue weighted by Gasteiger charge is -2.24. The van der Waals surface area contributed by atoms with Crippen LogP contribution in [0.1, 0.15) is 31.4 Å². The monoisotopic (exact) mass is 272 g/mol. The van der Waals surface area contributed by atoms with Gasteiger partial charge in [0.25, 0.3) is 0 Å². The first-order valence-corrected chi connectivity index (χ1v) is 8.13. The van der Waals surface area contributed by atoms with Gasteiger partial charge in [-0.2, -0.15) is 11.8 Å². The molecule has 1 aromatic carbocycles. The summed E-state index contributed by atoms with van der Waals surface area (Å²) in [4.78, 5) is 4.40. The Bertz CT molecular complexity index is 549. The number of hydrogen-bond acceptors (Lipinski definition) is 3. The van der Waals surface area contributed by atoms with E-state index < -0.39 is 0 Å². The minimum absolute atomic E-state index is 0.474. The van der Waals surface area contributed by atoms with Crippen LogP contribution < -0.4 is 5.32 Å². The van der Waals surface area contributed by atoms with Crippen molar-refractivity contribution in [1.29, 1.82) is 0 Å². The second-order valence-corrected chi connectivity index (χ2v) is 6.39. The van der Waals surface area contributed by atoms with Gasteiger partial charge in [0.15, 0.2) is 0 Å². The van der Waals surface area contributed by atoms with Crippen LogP contribution in [0.2, 0.25) is 0 Å². The number of fused-ring (bicyclic) bond motifs is 1. The lowest BCUT2D eigenvalue weighted by Crippen LogP contribution is -2.28. The molecule has 1 aliphatic rings. The summed E-state index contributed by atoms with van der Waals surface area (Å²) < 4.78 is 0. The van der Waals surface area contributed by atoms with Crippen LogP contribution in [0.5, 0.6) is 0 Å². The van der Waals surface area contributed by atoms with Crippen molar-refractivity contribution >= 4 is 22.7 Å². The number of benzene rings is 1. The molecule has 2 aromatic rings. The third kappa shape index (κ3) is 2.77. The molecular weight excluding hydrogens is 252 g/mol. The van der Waals surface area contributed by atoms with Crippen molar-refractivity contribution in [1.82, 2.24) is 10.3 Å². The summed E-state index contributed by atoms with van der Waals surface area (Å²) in [6, 6.07) is 11.3. The number of rotatable bonds is 4. The molecule has 3 heteroatoms. The minimum Gasteiger partial charge on any atom is -0.309 e. The fourth-order valence-electron chi connectivity index (χ4n) is 2.84. The summed E-state index contributed by atoms with van der Waals surface area (Å²) in [5.74, 6) is 1.31. The molecule has 3 rings (SSSR count). The SMILES string of the molecule is CCNC(c1ccc2ncccc2c1)C1CCCS1. The average molecular weight is 272 g/mol. The summed E-state index contributed by atoms with van der Waals surface area (Å²) in [5, 5.41) is 5.62. The Kier molecular flexibility index (Phi) is 4.04. The number of pyridine rings is 1. The highest BCUT2D eigenvalue weighted by molar-refractivity contribution is 8.00. The highest BCUT2D eigenvalue weighted by Gasteiger charge is 2.26. The molecular formula is C16H20N2S. The van der Waals surface area contributed by atoms with E-state index in [2.05, 4.69) is 53.3 Å². The summed E-state index contributed by atoms with van der Waals surface area (Å²) in [6.45, 7) is 3.21. The Balaban J connectivity index is 1.94. The second kappa shape index (κ2) is 5.93. The zero-order valence-electron chi connectivity index (χ0n) is 11.3. The van der Waals surface area contributed by atoms with Gasteiger partial charge in [-0.3, -0.25) is 4.98 Å². The molecule has 100 valence electrons. The quantitative estimate of drug-likeness (QED) is 0.917. The van der Waals surface area contributed by atoms with E-state index in [1.165, 1.54) is 29.5 Å². The number of nitrogens with one attached hydrogen (secondary N) is 1. The van der Waals surface area contributed by atoms with Crippen molar-refractivity contribution < 1.29 is 0 Å². The molecule has 2 unspecified atom stereocenters. The molecule has 1 N–H and O–H groups in total. The minimum atomic E-state index is 0.474. The first kappa shape index (κ1) is 12.9. The number of nitrogens with zero attached hydrogens (tertiary/aromatic N) is 1. The number of hydrogen-bond donors (Lipinski definition) is 1. The molecule has 19 heavy (non-hydrogen) atoms. The zero-order chi connectivity index (χ0) is 13.1. The van der Waals surface area contributed by atoms with Crippen molar-refractivity contribution in [3.05, 3.63) is 42.1 Å². The Morgan fingerprint density at radius 2 is 2.37 bits per heavy atom. The van der Waals surface area contributed by atoms with E-state index >= 15 is 0 Å². The molecule has 2 nitrogen and oxygen atoms in total. The summed E-state index contributed by atoms with van der Waals surface area (Å²) in [7, 11) is 0. The predicted molar refractivity (Wildman–Crippen MR) is 83.6 cm³/mol. The van der Waals surface area contributed by atoms with Gasteiger partial charge in [-0.25, -0.2) is 0 Å². The van der Waals surface area contributed by atoms with Gasteiger partial charge in [-0.15, -0.1) is 0 Å². The molecule has 2 atom stereocenters. The van der Waals surface area contributed by atoms with E-state index in [1.54, 1.807) is 0 Å². The fraction of sp³-hybridized carbons (Fsp3) is 0.438. The van der Waals surface area contributed by atoms with Gasteiger partial charge in [-0.05, 0) is 48.9 Å². The molecule has 0 spiro atoms. The largest absolute Gasteiger partial charge is 0.309 e. The van der Waals surface area contributed by atoms with E-state index in [0.29, 0.717) is 11.3 Å². The Hall–Kier alpha value is -1.06. The zero-order valence-corrected chi connectivity index (χ0v) is 12.1. The first-order chi connectivity index (χ1) is 9.38. The van der Waals surface area contributed by atoms with Gasteiger partial charge in [0.1, 0.15) is 0 Å². The van der Waals surface area contributed by atoms with Crippen LogP contribution in [0.3, 0.4) is 0 Å². The van der Waals surface area contributed by atoms with Gasteiger partial charge < -0.3 is 5.32 Å². The molecule has 1 aromatic heterocycles. The molecule has 2 heterocycles. The maximum Gasteiger partial charge on any atom is 0.0702 e. The van der Waals surface area contributed by atoms with Crippen LogP contribution in [0.15, 0.2) is 36.5 Å². The average Bonchev–Trinajstić information content (AvgIpc) is 2.98. The maximum atomic E-state index is 4.40. The topological polar surface area (TPSA) is 24.9 Å². The normalized spacial score (nSPS) is 20.8. The molecule has 0 aliphatic carbocycles. The van der Waals surface area contributed by atoms with E-state index in [0.717, 1.165) is 12.1 Å². The Labute approximate surface area is 119 Å². The standard InChI is InChI=1S/C16H20N2S/c1-2-17-16(15-6-4-10-19-15)13-7-8-14-12(11-13)5-3-9-18-14/h3,5,7-9,11,15-17H,2,4,6,10H2,1H3. The Morgan fingerprint density at radius 1 is 1.42 bits per heavy atom. The third-order valence-electron chi connectivity index (χ3n) is 3.75. The molecule has 0 radical (unpaired) electrons. The van der Waals surface area contributed by atoms with Crippen LogP contribution in [0.25, 0.3) is 10.9 Å². The van der Waals surface area contributed by atoms with Gasteiger partial charge >= 0.3 is 0 Å². The van der Waals surface area contributed by atoms with Crippen molar-refractivity contribution in [3.63, 3.8) is 0 Å². The molecule has 1 saturated heterocycles. The van der Waals surface area contributed by atoms with Crippen LogP contribution in [-0.4, -0.2) is 22.5 Å².